The van der Waals surface area contributed by atoms with E-state index in [1.165, 1.54) is 0 Å². The lowest BCUT2D eigenvalue weighted by Crippen LogP contribution is -2.16. The van der Waals surface area contributed by atoms with E-state index in [2.05, 4.69) is 0 Å². The lowest BCUT2D eigenvalue weighted by Gasteiger charge is -2.07. The lowest BCUT2D eigenvalue weighted by atomic mass is 9.93. The molecule has 0 aliphatic rings. The van der Waals surface area contributed by atoms with Gasteiger partial charge in [-0.1, -0.05) is 90.5 Å². The number of carbonyl (C=O) groups is 3. The van der Waals surface area contributed by atoms with Crippen LogP contribution in [0.2, 0.25) is 0 Å². The van der Waals surface area contributed by atoms with Crippen molar-refractivity contribution in [2.45, 2.75) is 6.92 Å². The molecule has 0 saturated carbocycles. The number of ketones is 3. The van der Waals surface area contributed by atoms with Gasteiger partial charge in [-0.3, -0.25) is 14.4 Å². The first-order valence-electron chi connectivity index (χ1n) is 8.58. The molecular formula is C24H18O3. The summed E-state index contributed by atoms with van der Waals surface area (Å²) in [5, 5.41) is 0. The van der Waals surface area contributed by atoms with E-state index in [-0.39, 0.29) is 11.4 Å². The van der Waals surface area contributed by atoms with Gasteiger partial charge in [0, 0.05) is 22.8 Å². The van der Waals surface area contributed by atoms with Crippen LogP contribution in [0.4, 0.5) is 0 Å². The van der Waals surface area contributed by atoms with Crippen LogP contribution in [0.15, 0.2) is 96.6 Å². The molecule has 132 valence electrons. The molecule has 0 bridgehead atoms. The predicted octanol–water partition coefficient (Wildman–Crippen LogP) is 4.87. The zero-order valence-electron chi connectivity index (χ0n) is 14.9. The van der Waals surface area contributed by atoms with E-state index in [0.29, 0.717) is 16.7 Å². The molecule has 27 heavy (non-hydrogen) atoms. The van der Waals surface area contributed by atoms with Crippen LogP contribution < -0.4 is 0 Å². The van der Waals surface area contributed by atoms with E-state index in [4.69, 9.17) is 0 Å². The smallest absolute Gasteiger partial charge is 0.197 e. The van der Waals surface area contributed by atoms with Crippen molar-refractivity contribution in [1.82, 2.24) is 0 Å². The summed E-state index contributed by atoms with van der Waals surface area (Å²) in [4.78, 5) is 38.5. The molecule has 0 aromatic heterocycles. The SMILES string of the molecule is Cc1ccc(C(=O)/C(=C/C(=O)c2ccccc2)C(=O)c2ccccc2)cc1. The van der Waals surface area contributed by atoms with Crippen molar-refractivity contribution in [1.29, 1.82) is 0 Å². The second kappa shape index (κ2) is 8.19. The molecule has 3 aromatic carbocycles. The Hall–Kier alpha value is -3.59. The van der Waals surface area contributed by atoms with Gasteiger partial charge in [0.05, 0.1) is 5.57 Å². The van der Waals surface area contributed by atoms with E-state index in [9.17, 15) is 14.4 Å². The van der Waals surface area contributed by atoms with Crippen LogP contribution in [0.5, 0.6) is 0 Å². The molecule has 0 aliphatic carbocycles. The minimum absolute atomic E-state index is 0.140. The largest absolute Gasteiger partial charge is 0.289 e. The van der Waals surface area contributed by atoms with Gasteiger partial charge in [0.25, 0.3) is 0 Å². The molecule has 3 aromatic rings. The summed E-state index contributed by atoms with van der Waals surface area (Å²) >= 11 is 0. The second-order valence-electron chi connectivity index (χ2n) is 6.18. The second-order valence-corrected chi connectivity index (χ2v) is 6.18. The maximum absolute atomic E-state index is 13.0. The van der Waals surface area contributed by atoms with Gasteiger partial charge < -0.3 is 0 Å². The molecule has 0 amide bonds. The summed E-state index contributed by atoms with van der Waals surface area (Å²) in [7, 11) is 0. The van der Waals surface area contributed by atoms with Crippen molar-refractivity contribution < 1.29 is 14.4 Å². The Balaban J connectivity index is 2.04. The number of rotatable bonds is 6. The summed E-state index contributed by atoms with van der Waals surface area (Å²) in [6, 6.07) is 24.0. The highest BCUT2D eigenvalue weighted by Crippen LogP contribution is 2.17. The Bertz CT molecular complexity index is 999. The minimum Gasteiger partial charge on any atom is -0.289 e. The van der Waals surface area contributed by atoms with Crippen LogP contribution in [-0.2, 0) is 0 Å². The number of Topliss-reactive ketones (excluding diaryl/α,β-unsaturated/α-hetero) is 2. The molecule has 3 nitrogen and oxygen atoms in total. The maximum atomic E-state index is 13.0. The Morgan fingerprint density at radius 1 is 0.593 bits per heavy atom. The van der Waals surface area contributed by atoms with Gasteiger partial charge >= 0.3 is 0 Å². The fraction of sp³-hybridized carbons (Fsp3) is 0.0417. The van der Waals surface area contributed by atoms with E-state index in [1.807, 2.05) is 6.92 Å². The summed E-state index contributed by atoms with van der Waals surface area (Å²) in [6.07, 6.45) is 1.15. The third-order valence-electron chi connectivity index (χ3n) is 4.17. The van der Waals surface area contributed by atoms with E-state index < -0.39 is 11.6 Å². The number of hydrogen-bond donors (Lipinski definition) is 0. The number of aryl methyl sites for hydroxylation is 1. The lowest BCUT2D eigenvalue weighted by molar-refractivity contribution is 0.0948. The molecule has 0 radical (unpaired) electrons. The number of benzene rings is 3. The fourth-order valence-corrected chi connectivity index (χ4v) is 2.66. The van der Waals surface area contributed by atoms with Crippen molar-refractivity contribution in [2.75, 3.05) is 0 Å². The Morgan fingerprint density at radius 2 is 1.04 bits per heavy atom. The highest BCUT2D eigenvalue weighted by Gasteiger charge is 2.22. The van der Waals surface area contributed by atoms with Gasteiger partial charge in [-0.2, -0.15) is 0 Å². The van der Waals surface area contributed by atoms with Crippen LogP contribution >= 0.6 is 0 Å². The fourth-order valence-electron chi connectivity index (χ4n) is 2.66. The van der Waals surface area contributed by atoms with Gasteiger partial charge in [-0.05, 0) is 6.92 Å². The van der Waals surface area contributed by atoms with E-state index in [1.54, 1.807) is 84.9 Å². The van der Waals surface area contributed by atoms with E-state index >= 15 is 0 Å². The van der Waals surface area contributed by atoms with Crippen molar-refractivity contribution in [3.63, 3.8) is 0 Å². The molecule has 0 spiro atoms. The molecular weight excluding hydrogens is 336 g/mol. The standard InChI is InChI=1S/C24H18O3/c1-17-12-14-20(15-13-17)24(27)21(23(26)19-10-6-3-7-11-19)16-22(25)18-8-4-2-5-9-18/h2-16H,1H3/b21-16+. The van der Waals surface area contributed by atoms with Crippen LogP contribution in [-0.4, -0.2) is 17.3 Å². The quantitative estimate of drug-likeness (QED) is 0.275. The van der Waals surface area contributed by atoms with Crippen molar-refractivity contribution in [2.24, 2.45) is 0 Å². The van der Waals surface area contributed by atoms with Crippen LogP contribution in [0.25, 0.3) is 0 Å². The highest BCUT2D eigenvalue weighted by molar-refractivity contribution is 6.33. The maximum Gasteiger partial charge on any atom is 0.197 e. The molecule has 0 unspecified atom stereocenters. The predicted molar refractivity (Wildman–Crippen MR) is 105 cm³/mol. The molecule has 0 atom stereocenters. The van der Waals surface area contributed by atoms with Gasteiger partial charge in [0.15, 0.2) is 17.3 Å². The summed E-state index contributed by atoms with van der Waals surface area (Å²) in [5.74, 6) is -1.31. The van der Waals surface area contributed by atoms with Crippen LogP contribution in [0.1, 0.15) is 36.6 Å². The molecule has 0 N–H and O–H groups in total. The normalized spacial score (nSPS) is 11.1. The molecule has 0 aliphatic heterocycles. The molecule has 0 heterocycles. The monoisotopic (exact) mass is 354 g/mol. The van der Waals surface area contributed by atoms with E-state index in [0.717, 1.165) is 11.6 Å². The van der Waals surface area contributed by atoms with Gasteiger partial charge in [-0.15, -0.1) is 0 Å². The summed E-state index contributed by atoms with van der Waals surface area (Å²) < 4.78 is 0. The van der Waals surface area contributed by atoms with Gasteiger partial charge in [0.1, 0.15) is 0 Å². The minimum atomic E-state index is -0.467. The third kappa shape index (κ3) is 4.33. The number of allylic oxidation sites excluding steroid dienone is 2. The number of hydrogen-bond acceptors (Lipinski definition) is 3. The zero-order chi connectivity index (χ0) is 19.2. The van der Waals surface area contributed by atoms with Crippen LogP contribution in [0.3, 0.4) is 0 Å². The average Bonchev–Trinajstić information content (AvgIpc) is 2.72. The van der Waals surface area contributed by atoms with Crippen molar-refractivity contribution in [3.8, 4) is 0 Å². The topological polar surface area (TPSA) is 51.2 Å². The first-order chi connectivity index (χ1) is 13.1. The van der Waals surface area contributed by atoms with Crippen molar-refractivity contribution >= 4 is 17.3 Å². The molecule has 0 fully saturated rings. The van der Waals surface area contributed by atoms with Crippen molar-refractivity contribution in [3.05, 3.63) is 119 Å². The van der Waals surface area contributed by atoms with Gasteiger partial charge in [-0.25, -0.2) is 0 Å². The summed E-state index contributed by atoms with van der Waals surface area (Å²) in [5.41, 5.74) is 2.03. The molecule has 3 rings (SSSR count). The first-order valence-corrected chi connectivity index (χ1v) is 8.58. The molecule has 3 heteroatoms. The Labute approximate surface area is 158 Å². The number of carbonyl (C=O) groups excluding carboxylic acids is 3. The average molecular weight is 354 g/mol. The third-order valence-corrected chi connectivity index (χ3v) is 4.17. The Kier molecular flexibility index (Phi) is 5.53. The van der Waals surface area contributed by atoms with Gasteiger partial charge in [0.2, 0.25) is 0 Å². The Morgan fingerprint density at radius 3 is 1.56 bits per heavy atom. The molecule has 0 saturated heterocycles. The summed E-state index contributed by atoms with van der Waals surface area (Å²) in [6.45, 7) is 1.92. The van der Waals surface area contributed by atoms with Crippen LogP contribution in [0, 0.1) is 6.92 Å². The first kappa shape index (κ1) is 18.2. The highest BCUT2D eigenvalue weighted by atomic mass is 16.2. The zero-order valence-corrected chi connectivity index (χ0v) is 14.9.